The Morgan fingerprint density at radius 3 is 2.87 bits per heavy atom. The number of esters is 1. The lowest BCUT2D eigenvalue weighted by atomic mass is 10.1. The molecular formula is C11H13NO3. The molecule has 0 amide bonds. The van der Waals surface area contributed by atoms with E-state index in [9.17, 15) is 4.79 Å². The number of ether oxygens (including phenoxy) is 1. The van der Waals surface area contributed by atoms with Gasteiger partial charge in [-0.2, -0.15) is 0 Å². The molecule has 1 aliphatic carbocycles. The van der Waals surface area contributed by atoms with Crippen LogP contribution in [0.25, 0.3) is 0 Å². The Kier molecular flexibility index (Phi) is 2.68. The van der Waals surface area contributed by atoms with Crippen LogP contribution in [0.5, 0.6) is 0 Å². The van der Waals surface area contributed by atoms with Gasteiger partial charge < -0.3 is 9.84 Å². The summed E-state index contributed by atoms with van der Waals surface area (Å²) in [6, 6.07) is 3.33. The van der Waals surface area contributed by atoms with Crippen molar-refractivity contribution in [2.75, 3.05) is 7.11 Å². The van der Waals surface area contributed by atoms with Crippen LogP contribution in [-0.2, 0) is 11.3 Å². The van der Waals surface area contributed by atoms with Crippen molar-refractivity contribution in [3.05, 3.63) is 29.1 Å². The lowest BCUT2D eigenvalue weighted by molar-refractivity contribution is 0.0593. The van der Waals surface area contributed by atoms with Crippen LogP contribution in [0.2, 0.25) is 0 Å². The molecule has 0 unspecified atom stereocenters. The van der Waals surface area contributed by atoms with E-state index in [2.05, 4.69) is 9.72 Å². The number of aliphatic hydroxyl groups excluding tert-OH is 1. The summed E-state index contributed by atoms with van der Waals surface area (Å²) >= 11 is 0. The quantitative estimate of drug-likeness (QED) is 0.757. The summed E-state index contributed by atoms with van der Waals surface area (Å²) < 4.78 is 4.60. The van der Waals surface area contributed by atoms with Gasteiger partial charge in [0.1, 0.15) is 5.69 Å². The highest BCUT2D eigenvalue weighted by Gasteiger charge is 2.28. The zero-order valence-electron chi connectivity index (χ0n) is 8.56. The van der Waals surface area contributed by atoms with Crippen molar-refractivity contribution in [2.45, 2.75) is 25.4 Å². The van der Waals surface area contributed by atoms with Crippen molar-refractivity contribution in [3.8, 4) is 0 Å². The van der Waals surface area contributed by atoms with Gasteiger partial charge in [0.05, 0.1) is 13.7 Å². The third-order valence-electron chi connectivity index (χ3n) is 2.54. The lowest BCUT2D eigenvalue weighted by Gasteiger charge is -2.06. The van der Waals surface area contributed by atoms with Crippen LogP contribution in [0.3, 0.4) is 0 Å². The van der Waals surface area contributed by atoms with E-state index in [1.807, 2.05) is 0 Å². The Bertz CT molecular complexity index is 385. The van der Waals surface area contributed by atoms with Gasteiger partial charge in [0.15, 0.2) is 0 Å². The zero-order chi connectivity index (χ0) is 10.8. The molecule has 4 nitrogen and oxygen atoms in total. The smallest absolute Gasteiger partial charge is 0.356 e. The Balaban J connectivity index is 2.36. The predicted octanol–water partition coefficient (Wildman–Crippen LogP) is 1.24. The zero-order valence-corrected chi connectivity index (χ0v) is 8.56. The second-order valence-electron chi connectivity index (χ2n) is 3.66. The van der Waals surface area contributed by atoms with Gasteiger partial charge >= 0.3 is 5.97 Å². The van der Waals surface area contributed by atoms with Crippen LogP contribution in [-0.4, -0.2) is 23.2 Å². The molecule has 15 heavy (non-hydrogen) atoms. The molecule has 1 aromatic rings. The highest BCUT2D eigenvalue weighted by atomic mass is 16.5. The number of hydrogen-bond acceptors (Lipinski definition) is 4. The van der Waals surface area contributed by atoms with E-state index in [-0.39, 0.29) is 6.61 Å². The lowest BCUT2D eigenvalue weighted by Crippen LogP contribution is -2.07. The maximum absolute atomic E-state index is 11.3. The van der Waals surface area contributed by atoms with E-state index in [4.69, 9.17) is 5.11 Å². The summed E-state index contributed by atoms with van der Waals surface area (Å²) in [6.45, 7) is -0.0275. The molecule has 0 aliphatic heterocycles. The molecule has 4 heteroatoms. The number of rotatable bonds is 3. The minimum Gasteiger partial charge on any atom is -0.464 e. The predicted molar refractivity (Wildman–Crippen MR) is 53.5 cm³/mol. The Labute approximate surface area is 87.9 Å². The van der Waals surface area contributed by atoms with Crippen LogP contribution in [0.1, 0.15) is 40.5 Å². The minimum absolute atomic E-state index is 0.0275. The maximum Gasteiger partial charge on any atom is 0.356 e. The SMILES string of the molecule is COC(=O)c1ccc(CO)c(C2CC2)n1. The van der Waals surface area contributed by atoms with Gasteiger partial charge in [0.2, 0.25) is 0 Å². The van der Waals surface area contributed by atoms with Crippen molar-refractivity contribution >= 4 is 5.97 Å². The van der Waals surface area contributed by atoms with Crippen molar-refractivity contribution in [2.24, 2.45) is 0 Å². The van der Waals surface area contributed by atoms with Gasteiger partial charge in [-0.1, -0.05) is 6.07 Å². The molecule has 1 fully saturated rings. The van der Waals surface area contributed by atoms with Crippen molar-refractivity contribution in [3.63, 3.8) is 0 Å². The van der Waals surface area contributed by atoms with Crippen molar-refractivity contribution < 1.29 is 14.6 Å². The van der Waals surface area contributed by atoms with Crippen LogP contribution < -0.4 is 0 Å². The van der Waals surface area contributed by atoms with Crippen LogP contribution in [0.15, 0.2) is 12.1 Å². The van der Waals surface area contributed by atoms with Gasteiger partial charge in [-0.3, -0.25) is 0 Å². The molecule has 1 aliphatic rings. The maximum atomic E-state index is 11.3. The van der Waals surface area contributed by atoms with Crippen molar-refractivity contribution in [1.82, 2.24) is 4.98 Å². The fourth-order valence-electron chi connectivity index (χ4n) is 1.57. The molecule has 0 atom stereocenters. The Hall–Kier alpha value is -1.42. The van der Waals surface area contributed by atoms with E-state index in [1.165, 1.54) is 7.11 Å². The molecule has 2 rings (SSSR count). The third kappa shape index (κ3) is 1.99. The fraction of sp³-hybridized carbons (Fsp3) is 0.455. The van der Waals surface area contributed by atoms with Gasteiger partial charge in [0.25, 0.3) is 0 Å². The van der Waals surface area contributed by atoms with Gasteiger partial charge in [0, 0.05) is 11.6 Å². The first-order valence-corrected chi connectivity index (χ1v) is 4.95. The molecule has 1 heterocycles. The molecule has 80 valence electrons. The number of nitrogens with zero attached hydrogens (tertiary/aromatic N) is 1. The standard InChI is InChI=1S/C11H13NO3/c1-15-11(14)9-5-4-8(6-13)10(12-9)7-2-3-7/h4-5,7,13H,2-3,6H2,1H3. The second kappa shape index (κ2) is 3.98. The van der Waals surface area contributed by atoms with Gasteiger partial charge in [-0.25, -0.2) is 9.78 Å². The third-order valence-corrected chi connectivity index (χ3v) is 2.54. The number of methoxy groups -OCH3 is 1. The molecule has 1 saturated carbocycles. The number of aromatic nitrogens is 1. The number of aliphatic hydroxyl groups is 1. The fourth-order valence-corrected chi connectivity index (χ4v) is 1.57. The van der Waals surface area contributed by atoms with E-state index >= 15 is 0 Å². The summed E-state index contributed by atoms with van der Waals surface area (Å²) in [4.78, 5) is 15.5. The molecular weight excluding hydrogens is 194 g/mol. The summed E-state index contributed by atoms with van der Waals surface area (Å²) in [5, 5.41) is 9.13. The Morgan fingerprint density at radius 2 is 2.33 bits per heavy atom. The molecule has 0 aromatic carbocycles. The molecule has 1 aromatic heterocycles. The normalized spacial score (nSPS) is 15.1. The van der Waals surface area contributed by atoms with Crippen molar-refractivity contribution in [1.29, 1.82) is 0 Å². The average Bonchev–Trinajstić information content (AvgIpc) is 3.11. The molecule has 0 radical (unpaired) electrons. The molecule has 0 saturated heterocycles. The minimum atomic E-state index is -0.429. The van der Waals surface area contributed by atoms with Crippen LogP contribution in [0, 0.1) is 0 Å². The number of pyridine rings is 1. The number of hydrogen-bond donors (Lipinski definition) is 1. The topological polar surface area (TPSA) is 59.4 Å². The highest BCUT2D eigenvalue weighted by Crippen LogP contribution is 2.40. The first-order valence-electron chi connectivity index (χ1n) is 4.95. The monoisotopic (exact) mass is 207 g/mol. The highest BCUT2D eigenvalue weighted by molar-refractivity contribution is 5.87. The summed E-state index contributed by atoms with van der Waals surface area (Å²) in [5.74, 6) is -0.0156. The van der Waals surface area contributed by atoms with Gasteiger partial charge in [-0.15, -0.1) is 0 Å². The molecule has 0 bridgehead atoms. The Morgan fingerprint density at radius 1 is 1.60 bits per heavy atom. The first-order chi connectivity index (χ1) is 7.26. The summed E-state index contributed by atoms with van der Waals surface area (Å²) in [6.07, 6.45) is 2.18. The first kappa shape index (κ1) is 10.1. The van der Waals surface area contributed by atoms with Gasteiger partial charge in [-0.05, 0) is 24.5 Å². The second-order valence-corrected chi connectivity index (χ2v) is 3.66. The average molecular weight is 207 g/mol. The van der Waals surface area contributed by atoms with E-state index < -0.39 is 5.97 Å². The van der Waals surface area contributed by atoms with E-state index in [0.717, 1.165) is 24.1 Å². The van der Waals surface area contributed by atoms with Crippen LogP contribution >= 0.6 is 0 Å². The van der Waals surface area contributed by atoms with E-state index in [0.29, 0.717) is 11.6 Å². The number of carbonyl (C=O) groups excluding carboxylic acids is 1. The molecule has 0 spiro atoms. The van der Waals surface area contributed by atoms with Crippen LogP contribution in [0.4, 0.5) is 0 Å². The summed E-state index contributed by atoms with van der Waals surface area (Å²) in [7, 11) is 1.33. The summed E-state index contributed by atoms with van der Waals surface area (Å²) in [5.41, 5.74) is 1.97. The van der Waals surface area contributed by atoms with E-state index in [1.54, 1.807) is 12.1 Å². The number of carbonyl (C=O) groups is 1. The molecule has 1 N–H and O–H groups in total. The largest absolute Gasteiger partial charge is 0.464 e.